The van der Waals surface area contributed by atoms with E-state index >= 15 is 0 Å². The number of carbonyl (C=O) groups excluding carboxylic acids is 2. The molecule has 0 spiro atoms. The first-order valence-corrected chi connectivity index (χ1v) is 5.92. The van der Waals surface area contributed by atoms with Crippen molar-refractivity contribution < 1.29 is 19.5 Å². The lowest BCUT2D eigenvalue weighted by Gasteiger charge is -2.23. The standard InChI is InChI=1S/C11H21N3O4/c1-4-8(6-10(16)17)13-11(18)14(5-2)7-9(15)12-3/h8H,4-7H2,1-3H3,(H,12,15)(H,13,18)(H,16,17). The number of likely N-dealkylation sites (N-methyl/N-ethyl adjacent to an activating group) is 2. The molecule has 0 aliphatic heterocycles. The molecule has 0 aliphatic carbocycles. The fraction of sp³-hybridized carbons (Fsp3) is 0.727. The van der Waals surface area contributed by atoms with E-state index < -0.39 is 18.0 Å². The van der Waals surface area contributed by atoms with Crippen molar-refractivity contribution in [1.29, 1.82) is 0 Å². The maximum Gasteiger partial charge on any atom is 0.318 e. The molecule has 0 bridgehead atoms. The number of urea groups is 1. The predicted molar refractivity (Wildman–Crippen MR) is 66.2 cm³/mol. The molecule has 0 aliphatic rings. The number of carbonyl (C=O) groups is 3. The molecule has 7 nitrogen and oxygen atoms in total. The van der Waals surface area contributed by atoms with Crippen LogP contribution in [0.25, 0.3) is 0 Å². The van der Waals surface area contributed by atoms with Gasteiger partial charge in [-0.15, -0.1) is 0 Å². The molecule has 0 aromatic rings. The Hall–Kier alpha value is -1.79. The maximum atomic E-state index is 11.8. The van der Waals surface area contributed by atoms with E-state index in [0.29, 0.717) is 13.0 Å². The lowest BCUT2D eigenvalue weighted by Crippen LogP contribution is -2.48. The highest BCUT2D eigenvalue weighted by Crippen LogP contribution is 2.00. The molecule has 0 saturated heterocycles. The number of rotatable bonds is 7. The normalized spacial score (nSPS) is 11.5. The van der Waals surface area contributed by atoms with Gasteiger partial charge in [0.2, 0.25) is 5.91 Å². The van der Waals surface area contributed by atoms with Crippen molar-refractivity contribution in [2.24, 2.45) is 0 Å². The molecule has 1 atom stereocenters. The van der Waals surface area contributed by atoms with Crippen molar-refractivity contribution in [3.8, 4) is 0 Å². The van der Waals surface area contributed by atoms with Crippen LogP contribution in [-0.4, -0.2) is 54.1 Å². The second-order valence-electron chi connectivity index (χ2n) is 3.84. The summed E-state index contributed by atoms with van der Waals surface area (Å²) in [6.45, 7) is 3.88. The van der Waals surface area contributed by atoms with Crippen molar-refractivity contribution in [1.82, 2.24) is 15.5 Å². The summed E-state index contributed by atoms with van der Waals surface area (Å²) in [6, 6.07) is -0.845. The third-order valence-electron chi connectivity index (χ3n) is 2.52. The number of nitrogens with zero attached hydrogens (tertiary/aromatic N) is 1. The van der Waals surface area contributed by atoms with Gasteiger partial charge in [-0.2, -0.15) is 0 Å². The highest BCUT2D eigenvalue weighted by molar-refractivity contribution is 5.84. The smallest absolute Gasteiger partial charge is 0.318 e. The van der Waals surface area contributed by atoms with Crippen LogP contribution in [0.5, 0.6) is 0 Å². The number of hydrogen-bond donors (Lipinski definition) is 3. The van der Waals surface area contributed by atoms with Gasteiger partial charge in [0.1, 0.15) is 6.54 Å². The summed E-state index contributed by atoms with van der Waals surface area (Å²) in [5.41, 5.74) is 0. The fourth-order valence-corrected chi connectivity index (χ4v) is 1.35. The maximum absolute atomic E-state index is 11.8. The monoisotopic (exact) mass is 259 g/mol. The molecular formula is C11H21N3O4. The van der Waals surface area contributed by atoms with Crippen molar-refractivity contribution in [2.75, 3.05) is 20.1 Å². The van der Waals surface area contributed by atoms with Crippen molar-refractivity contribution >= 4 is 17.9 Å². The molecule has 104 valence electrons. The van der Waals surface area contributed by atoms with Gasteiger partial charge in [0, 0.05) is 19.6 Å². The lowest BCUT2D eigenvalue weighted by molar-refractivity contribution is -0.137. The molecule has 3 N–H and O–H groups in total. The van der Waals surface area contributed by atoms with E-state index in [1.807, 2.05) is 0 Å². The first-order chi connectivity index (χ1) is 8.44. The van der Waals surface area contributed by atoms with Crippen LogP contribution in [0, 0.1) is 0 Å². The summed E-state index contributed by atoms with van der Waals surface area (Å²) in [7, 11) is 1.49. The summed E-state index contributed by atoms with van der Waals surface area (Å²) in [6.07, 6.45) is 0.398. The highest BCUT2D eigenvalue weighted by atomic mass is 16.4. The minimum Gasteiger partial charge on any atom is -0.481 e. The van der Waals surface area contributed by atoms with Crippen LogP contribution in [0.3, 0.4) is 0 Å². The number of aliphatic carboxylic acids is 1. The predicted octanol–water partition coefficient (Wildman–Crippen LogP) is 0.0172. The zero-order valence-electron chi connectivity index (χ0n) is 11.0. The molecule has 0 aromatic heterocycles. The van der Waals surface area contributed by atoms with Gasteiger partial charge < -0.3 is 20.6 Å². The topological polar surface area (TPSA) is 98.7 Å². The molecule has 0 saturated carbocycles. The highest BCUT2D eigenvalue weighted by Gasteiger charge is 2.19. The number of amides is 3. The van der Waals surface area contributed by atoms with Gasteiger partial charge in [-0.05, 0) is 13.3 Å². The Kier molecular flexibility index (Phi) is 7.50. The number of nitrogens with one attached hydrogen (secondary N) is 2. The molecule has 0 rings (SSSR count). The summed E-state index contributed by atoms with van der Waals surface area (Å²) < 4.78 is 0. The Labute approximate surface area is 107 Å². The Balaban J connectivity index is 4.40. The van der Waals surface area contributed by atoms with Crippen LogP contribution < -0.4 is 10.6 Å². The largest absolute Gasteiger partial charge is 0.481 e. The Morgan fingerprint density at radius 3 is 2.28 bits per heavy atom. The Morgan fingerprint density at radius 1 is 1.28 bits per heavy atom. The first kappa shape index (κ1) is 16.2. The second-order valence-corrected chi connectivity index (χ2v) is 3.84. The zero-order chi connectivity index (χ0) is 14.1. The van der Waals surface area contributed by atoms with Crippen molar-refractivity contribution in [3.63, 3.8) is 0 Å². The van der Waals surface area contributed by atoms with Gasteiger partial charge in [-0.25, -0.2) is 4.79 Å². The quantitative estimate of drug-likeness (QED) is 0.600. The van der Waals surface area contributed by atoms with E-state index in [4.69, 9.17) is 5.11 Å². The average Bonchev–Trinajstić information content (AvgIpc) is 2.33. The van der Waals surface area contributed by atoms with E-state index in [-0.39, 0.29) is 18.9 Å². The van der Waals surface area contributed by atoms with Crippen LogP contribution in [0.4, 0.5) is 4.79 Å². The van der Waals surface area contributed by atoms with Crippen molar-refractivity contribution in [3.05, 3.63) is 0 Å². The summed E-state index contributed by atoms with van der Waals surface area (Å²) in [5.74, 6) is -1.23. The fourth-order valence-electron chi connectivity index (χ4n) is 1.35. The summed E-state index contributed by atoms with van der Waals surface area (Å²) in [4.78, 5) is 34.9. The van der Waals surface area contributed by atoms with E-state index in [0.717, 1.165) is 0 Å². The van der Waals surface area contributed by atoms with Gasteiger partial charge in [0.15, 0.2) is 0 Å². The van der Waals surface area contributed by atoms with Crippen LogP contribution in [-0.2, 0) is 9.59 Å². The van der Waals surface area contributed by atoms with Crippen LogP contribution in [0.1, 0.15) is 26.7 Å². The molecule has 3 amide bonds. The van der Waals surface area contributed by atoms with Crippen LogP contribution in [0.15, 0.2) is 0 Å². The minimum atomic E-state index is -0.962. The summed E-state index contributed by atoms with van der Waals surface area (Å²) >= 11 is 0. The van der Waals surface area contributed by atoms with Gasteiger partial charge in [0.05, 0.1) is 6.42 Å². The second kappa shape index (κ2) is 8.32. The number of carboxylic acids is 1. The minimum absolute atomic E-state index is 0.0393. The Bertz CT molecular complexity index is 307. The first-order valence-electron chi connectivity index (χ1n) is 5.92. The zero-order valence-corrected chi connectivity index (χ0v) is 11.0. The third-order valence-corrected chi connectivity index (χ3v) is 2.52. The lowest BCUT2D eigenvalue weighted by atomic mass is 10.1. The third kappa shape index (κ3) is 6.07. The number of hydrogen-bond acceptors (Lipinski definition) is 3. The van der Waals surface area contributed by atoms with E-state index in [2.05, 4.69) is 10.6 Å². The molecule has 7 heteroatoms. The van der Waals surface area contributed by atoms with Gasteiger partial charge in [0.25, 0.3) is 0 Å². The summed E-state index contributed by atoms with van der Waals surface area (Å²) in [5, 5.41) is 13.7. The van der Waals surface area contributed by atoms with E-state index in [9.17, 15) is 14.4 Å². The van der Waals surface area contributed by atoms with E-state index in [1.54, 1.807) is 13.8 Å². The van der Waals surface area contributed by atoms with Gasteiger partial charge in [-0.1, -0.05) is 6.92 Å². The van der Waals surface area contributed by atoms with Gasteiger partial charge >= 0.3 is 12.0 Å². The van der Waals surface area contributed by atoms with Crippen LogP contribution >= 0.6 is 0 Å². The SMILES string of the molecule is CCC(CC(=O)O)NC(=O)N(CC)CC(=O)NC. The molecule has 0 fully saturated rings. The van der Waals surface area contributed by atoms with Crippen LogP contribution in [0.2, 0.25) is 0 Å². The molecular weight excluding hydrogens is 238 g/mol. The van der Waals surface area contributed by atoms with Gasteiger partial charge in [-0.3, -0.25) is 9.59 Å². The molecule has 0 heterocycles. The molecule has 18 heavy (non-hydrogen) atoms. The van der Waals surface area contributed by atoms with Crippen molar-refractivity contribution in [2.45, 2.75) is 32.7 Å². The van der Waals surface area contributed by atoms with E-state index in [1.165, 1.54) is 11.9 Å². The number of carboxylic acid groups (broad SMARTS) is 1. The average molecular weight is 259 g/mol. The molecule has 1 unspecified atom stereocenters. The Morgan fingerprint density at radius 2 is 1.89 bits per heavy atom. The molecule has 0 radical (unpaired) electrons. The molecule has 0 aromatic carbocycles.